The number of likely N-dealkylation sites (tertiary alicyclic amines) is 1. The van der Waals surface area contributed by atoms with Crippen LogP contribution in [0.15, 0.2) is 18.3 Å². The Morgan fingerprint density at radius 2 is 2.38 bits per heavy atom. The summed E-state index contributed by atoms with van der Waals surface area (Å²) in [5.41, 5.74) is 8.01. The van der Waals surface area contributed by atoms with Gasteiger partial charge in [0.25, 0.3) is 0 Å². The first-order valence-corrected chi connectivity index (χ1v) is 6.16. The topological polar surface area (TPSA) is 42.1 Å². The second-order valence-electron chi connectivity index (χ2n) is 4.61. The molecule has 1 saturated heterocycles. The highest BCUT2D eigenvalue weighted by molar-refractivity contribution is 5.19. The van der Waals surface area contributed by atoms with Gasteiger partial charge in [0.1, 0.15) is 0 Å². The van der Waals surface area contributed by atoms with Crippen molar-refractivity contribution < 1.29 is 0 Å². The molecule has 1 aromatic rings. The van der Waals surface area contributed by atoms with Gasteiger partial charge in [-0.1, -0.05) is 6.07 Å². The van der Waals surface area contributed by atoms with Crippen LogP contribution < -0.4 is 5.73 Å². The molecule has 0 radical (unpaired) electrons. The maximum absolute atomic E-state index is 5.49. The summed E-state index contributed by atoms with van der Waals surface area (Å²) < 4.78 is 0. The molecule has 3 nitrogen and oxygen atoms in total. The molecule has 0 spiro atoms. The molecule has 0 aliphatic carbocycles. The Hall–Kier alpha value is -0.930. The first kappa shape index (κ1) is 11.6. The summed E-state index contributed by atoms with van der Waals surface area (Å²) in [5.74, 6) is 0. The lowest BCUT2D eigenvalue weighted by atomic mass is 10.1. The van der Waals surface area contributed by atoms with Crippen molar-refractivity contribution >= 4 is 0 Å². The zero-order chi connectivity index (χ0) is 11.4. The van der Waals surface area contributed by atoms with E-state index in [4.69, 9.17) is 5.73 Å². The highest BCUT2D eigenvalue weighted by Crippen LogP contribution is 2.29. The Labute approximate surface area is 97.7 Å². The van der Waals surface area contributed by atoms with Crippen LogP contribution in [0.3, 0.4) is 0 Å². The Bertz CT molecular complexity index is 320. The Morgan fingerprint density at radius 3 is 2.94 bits per heavy atom. The van der Waals surface area contributed by atoms with Crippen LogP contribution in [0.1, 0.15) is 36.6 Å². The quantitative estimate of drug-likeness (QED) is 0.838. The Kier molecular flexibility index (Phi) is 3.91. The number of aromatic nitrogens is 1. The van der Waals surface area contributed by atoms with Crippen LogP contribution in [0.2, 0.25) is 0 Å². The first-order chi connectivity index (χ1) is 7.81. The van der Waals surface area contributed by atoms with Crippen molar-refractivity contribution in [3.8, 4) is 0 Å². The van der Waals surface area contributed by atoms with Gasteiger partial charge in [0, 0.05) is 17.9 Å². The van der Waals surface area contributed by atoms with Crippen LogP contribution in [0.4, 0.5) is 0 Å². The van der Waals surface area contributed by atoms with Gasteiger partial charge in [0.05, 0.1) is 0 Å². The third-order valence-corrected chi connectivity index (χ3v) is 3.39. The maximum atomic E-state index is 5.49. The van der Waals surface area contributed by atoms with Gasteiger partial charge in [-0.25, -0.2) is 0 Å². The minimum atomic E-state index is 0.580. The van der Waals surface area contributed by atoms with E-state index in [1.807, 2.05) is 6.20 Å². The molecule has 88 valence electrons. The molecule has 0 saturated carbocycles. The molecule has 1 fully saturated rings. The number of nitrogens with zero attached hydrogens (tertiary/aromatic N) is 2. The minimum absolute atomic E-state index is 0.580. The smallest absolute Gasteiger partial charge is 0.0404 e. The molecular weight excluding hydrogens is 198 g/mol. The molecule has 0 bridgehead atoms. The van der Waals surface area contributed by atoms with Crippen molar-refractivity contribution in [2.24, 2.45) is 5.73 Å². The van der Waals surface area contributed by atoms with Crippen LogP contribution in [-0.2, 0) is 6.42 Å². The largest absolute Gasteiger partial charge is 0.330 e. The lowest BCUT2D eigenvalue weighted by molar-refractivity contribution is 0.317. The van der Waals surface area contributed by atoms with Gasteiger partial charge < -0.3 is 5.73 Å². The van der Waals surface area contributed by atoms with Gasteiger partial charge in [0.15, 0.2) is 0 Å². The average Bonchev–Trinajstić information content (AvgIpc) is 2.74. The van der Waals surface area contributed by atoms with Crippen molar-refractivity contribution in [2.45, 2.75) is 31.7 Å². The fourth-order valence-corrected chi connectivity index (χ4v) is 2.40. The van der Waals surface area contributed by atoms with Crippen LogP contribution in [0.5, 0.6) is 0 Å². The van der Waals surface area contributed by atoms with Crippen molar-refractivity contribution in [2.75, 3.05) is 20.1 Å². The number of hydrogen-bond donors (Lipinski definition) is 1. The van der Waals surface area contributed by atoms with E-state index < -0.39 is 0 Å². The number of nitrogens with two attached hydrogens (primary N) is 1. The van der Waals surface area contributed by atoms with E-state index in [1.165, 1.54) is 24.9 Å². The van der Waals surface area contributed by atoms with E-state index in [0.29, 0.717) is 6.04 Å². The molecule has 0 aromatic carbocycles. The Morgan fingerprint density at radius 1 is 1.50 bits per heavy atom. The summed E-state index contributed by atoms with van der Waals surface area (Å²) in [4.78, 5) is 6.93. The molecule has 1 aliphatic heterocycles. The highest BCUT2D eigenvalue weighted by atomic mass is 15.1. The van der Waals surface area contributed by atoms with E-state index in [2.05, 4.69) is 29.1 Å². The lowest BCUT2D eigenvalue weighted by Crippen LogP contribution is -2.17. The van der Waals surface area contributed by atoms with Gasteiger partial charge in [-0.05, 0) is 57.5 Å². The third kappa shape index (κ3) is 2.60. The molecule has 2 N–H and O–H groups in total. The summed E-state index contributed by atoms with van der Waals surface area (Å²) in [7, 11) is 2.19. The average molecular weight is 219 g/mol. The number of aryl methyl sites for hydroxylation is 1. The molecule has 1 aliphatic rings. The number of rotatable bonds is 4. The van der Waals surface area contributed by atoms with Crippen LogP contribution in [0, 0.1) is 0 Å². The highest BCUT2D eigenvalue weighted by Gasteiger charge is 2.22. The summed E-state index contributed by atoms with van der Waals surface area (Å²) in [6, 6.07) is 4.96. The number of hydrogen-bond acceptors (Lipinski definition) is 3. The molecule has 2 rings (SSSR count). The summed E-state index contributed by atoms with van der Waals surface area (Å²) >= 11 is 0. The zero-order valence-corrected chi connectivity index (χ0v) is 10.0. The van der Waals surface area contributed by atoms with Crippen LogP contribution in [-0.4, -0.2) is 30.0 Å². The van der Waals surface area contributed by atoms with E-state index in [0.717, 1.165) is 25.1 Å². The molecule has 2 heterocycles. The van der Waals surface area contributed by atoms with Crippen molar-refractivity contribution in [3.63, 3.8) is 0 Å². The molecule has 1 atom stereocenters. The van der Waals surface area contributed by atoms with Crippen molar-refractivity contribution in [1.29, 1.82) is 0 Å². The fourth-order valence-electron chi connectivity index (χ4n) is 2.40. The molecule has 3 heteroatoms. The summed E-state index contributed by atoms with van der Waals surface area (Å²) in [6.07, 6.45) is 6.63. The predicted octanol–water partition coefficient (Wildman–Crippen LogP) is 1.74. The third-order valence-electron chi connectivity index (χ3n) is 3.39. The van der Waals surface area contributed by atoms with Gasteiger partial charge in [-0.2, -0.15) is 0 Å². The standard InChI is InChI=1S/C13H21N3/c1-16-9-3-5-13(16)11-6-7-12(15-10-11)4-2-8-14/h6-7,10,13H,2-5,8-9,14H2,1H3. The van der Waals surface area contributed by atoms with Gasteiger partial charge in [-0.3, -0.25) is 9.88 Å². The molecule has 0 amide bonds. The molecule has 16 heavy (non-hydrogen) atoms. The van der Waals surface area contributed by atoms with E-state index >= 15 is 0 Å². The molecule has 1 aromatic heterocycles. The van der Waals surface area contributed by atoms with Crippen molar-refractivity contribution in [3.05, 3.63) is 29.6 Å². The van der Waals surface area contributed by atoms with Crippen molar-refractivity contribution in [1.82, 2.24) is 9.88 Å². The first-order valence-electron chi connectivity index (χ1n) is 6.16. The normalized spacial score (nSPS) is 21.5. The predicted molar refractivity (Wildman–Crippen MR) is 66.2 cm³/mol. The molecule has 1 unspecified atom stereocenters. The SMILES string of the molecule is CN1CCCC1c1ccc(CCCN)nc1. The second kappa shape index (κ2) is 5.41. The molecular formula is C13H21N3. The van der Waals surface area contributed by atoms with E-state index in [9.17, 15) is 0 Å². The van der Waals surface area contributed by atoms with E-state index in [1.54, 1.807) is 0 Å². The monoisotopic (exact) mass is 219 g/mol. The van der Waals surface area contributed by atoms with Crippen LogP contribution in [0.25, 0.3) is 0 Å². The van der Waals surface area contributed by atoms with E-state index in [-0.39, 0.29) is 0 Å². The second-order valence-corrected chi connectivity index (χ2v) is 4.61. The van der Waals surface area contributed by atoms with Crippen LogP contribution >= 0.6 is 0 Å². The fraction of sp³-hybridized carbons (Fsp3) is 0.615. The summed E-state index contributed by atoms with van der Waals surface area (Å²) in [5, 5.41) is 0. The summed E-state index contributed by atoms with van der Waals surface area (Å²) in [6.45, 7) is 1.95. The van der Waals surface area contributed by atoms with Gasteiger partial charge >= 0.3 is 0 Å². The Balaban J connectivity index is 2.01. The maximum Gasteiger partial charge on any atom is 0.0404 e. The lowest BCUT2D eigenvalue weighted by Gasteiger charge is -2.19. The number of pyridine rings is 1. The van der Waals surface area contributed by atoms with Gasteiger partial charge in [0.2, 0.25) is 0 Å². The van der Waals surface area contributed by atoms with Gasteiger partial charge in [-0.15, -0.1) is 0 Å². The zero-order valence-electron chi connectivity index (χ0n) is 10.0. The minimum Gasteiger partial charge on any atom is -0.330 e.